The van der Waals surface area contributed by atoms with Gasteiger partial charge in [0.2, 0.25) is 0 Å². The zero-order valence-electron chi connectivity index (χ0n) is 8.76. The summed E-state index contributed by atoms with van der Waals surface area (Å²) in [6, 6.07) is 3.58. The topological polar surface area (TPSA) is 73.3 Å². The SMILES string of the molecule is NCC(=O)c1cccn2c(C3CC3)nnc12. The van der Waals surface area contributed by atoms with E-state index in [1.165, 1.54) is 0 Å². The first-order valence-corrected chi connectivity index (χ1v) is 5.38. The van der Waals surface area contributed by atoms with Crippen LogP contribution in [0.2, 0.25) is 0 Å². The molecule has 2 aromatic heterocycles. The molecule has 0 spiro atoms. The predicted molar refractivity (Wildman–Crippen MR) is 58.3 cm³/mol. The zero-order chi connectivity index (χ0) is 11.1. The van der Waals surface area contributed by atoms with Crippen molar-refractivity contribution >= 4 is 11.4 Å². The van der Waals surface area contributed by atoms with Crippen LogP contribution < -0.4 is 5.73 Å². The quantitative estimate of drug-likeness (QED) is 0.768. The van der Waals surface area contributed by atoms with Gasteiger partial charge in [-0.25, -0.2) is 0 Å². The molecular formula is C11H12N4O. The minimum absolute atomic E-state index is 0.00525. The number of nitrogens with zero attached hydrogens (tertiary/aromatic N) is 3. The third-order valence-electron chi connectivity index (χ3n) is 2.89. The first-order valence-electron chi connectivity index (χ1n) is 5.38. The molecule has 1 fully saturated rings. The number of pyridine rings is 1. The van der Waals surface area contributed by atoms with E-state index in [0.29, 0.717) is 17.1 Å². The molecule has 0 aliphatic heterocycles. The van der Waals surface area contributed by atoms with E-state index in [1.54, 1.807) is 6.07 Å². The maximum absolute atomic E-state index is 11.6. The van der Waals surface area contributed by atoms with Crippen LogP contribution in [0.1, 0.15) is 34.9 Å². The minimum Gasteiger partial charge on any atom is -0.324 e. The Morgan fingerprint density at radius 1 is 1.50 bits per heavy atom. The average molecular weight is 216 g/mol. The van der Waals surface area contributed by atoms with Gasteiger partial charge in [0.1, 0.15) is 5.82 Å². The molecule has 82 valence electrons. The molecular weight excluding hydrogens is 204 g/mol. The van der Waals surface area contributed by atoms with Gasteiger partial charge in [0.25, 0.3) is 0 Å². The van der Waals surface area contributed by atoms with Gasteiger partial charge in [-0.3, -0.25) is 9.20 Å². The minimum atomic E-state index is -0.0969. The van der Waals surface area contributed by atoms with E-state index in [4.69, 9.17) is 5.73 Å². The number of fused-ring (bicyclic) bond motifs is 1. The van der Waals surface area contributed by atoms with Gasteiger partial charge in [-0.05, 0) is 25.0 Å². The summed E-state index contributed by atoms with van der Waals surface area (Å²) in [5.41, 5.74) is 6.55. The van der Waals surface area contributed by atoms with Crippen LogP contribution in [0.3, 0.4) is 0 Å². The number of Topliss-reactive ketones (excluding diaryl/α,β-unsaturated/α-hetero) is 1. The largest absolute Gasteiger partial charge is 0.324 e. The van der Waals surface area contributed by atoms with E-state index in [0.717, 1.165) is 18.7 Å². The lowest BCUT2D eigenvalue weighted by Gasteiger charge is -2.01. The molecule has 0 atom stereocenters. The highest BCUT2D eigenvalue weighted by Crippen LogP contribution is 2.39. The summed E-state index contributed by atoms with van der Waals surface area (Å²) in [5, 5.41) is 8.24. The number of hydrogen-bond donors (Lipinski definition) is 1. The molecule has 0 bridgehead atoms. The standard InChI is InChI=1S/C11H12N4O/c12-6-9(16)8-2-1-5-15-10(7-3-4-7)13-14-11(8)15/h1-2,5,7H,3-4,6,12H2. The lowest BCUT2D eigenvalue weighted by molar-refractivity contribution is 0.100. The fourth-order valence-corrected chi connectivity index (χ4v) is 1.88. The smallest absolute Gasteiger partial charge is 0.180 e. The number of aromatic nitrogens is 3. The van der Waals surface area contributed by atoms with Crippen LogP contribution in [-0.4, -0.2) is 26.9 Å². The summed E-state index contributed by atoms with van der Waals surface area (Å²) < 4.78 is 1.90. The van der Waals surface area contributed by atoms with Crippen molar-refractivity contribution in [2.24, 2.45) is 5.73 Å². The second kappa shape index (κ2) is 3.38. The fraction of sp³-hybridized carbons (Fsp3) is 0.364. The van der Waals surface area contributed by atoms with Gasteiger partial charge in [0.05, 0.1) is 12.1 Å². The average Bonchev–Trinajstić information content (AvgIpc) is 3.07. The van der Waals surface area contributed by atoms with Gasteiger partial charge < -0.3 is 5.73 Å². The normalized spacial score (nSPS) is 15.6. The molecule has 2 aromatic rings. The van der Waals surface area contributed by atoms with Gasteiger partial charge in [-0.15, -0.1) is 10.2 Å². The molecule has 2 heterocycles. The van der Waals surface area contributed by atoms with Crippen LogP contribution in [0.15, 0.2) is 18.3 Å². The Hall–Kier alpha value is -1.75. The summed E-state index contributed by atoms with van der Waals surface area (Å²) in [7, 11) is 0. The highest BCUT2D eigenvalue weighted by molar-refractivity contribution is 6.02. The van der Waals surface area contributed by atoms with Crippen LogP contribution in [-0.2, 0) is 0 Å². The van der Waals surface area contributed by atoms with Gasteiger partial charge >= 0.3 is 0 Å². The summed E-state index contributed by atoms with van der Waals surface area (Å²) in [6.45, 7) is 0.00525. The monoisotopic (exact) mass is 216 g/mol. The molecule has 0 aromatic carbocycles. The van der Waals surface area contributed by atoms with Crippen molar-refractivity contribution in [3.05, 3.63) is 29.7 Å². The Labute approximate surface area is 92.3 Å². The maximum Gasteiger partial charge on any atom is 0.180 e. The first-order chi connectivity index (χ1) is 7.81. The fourth-order valence-electron chi connectivity index (χ4n) is 1.88. The molecule has 0 unspecified atom stereocenters. The van der Waals surface area contributed by atoms with Crippen LogP contribution in [0.25, 0.3) is 5.65 Å². The Morgan fingerprint density at radius 2 is 2.31 bits per heavy atom. The van der Waals surface area contributed by atoms with Crippen molar-refractivity contribution < 1.29 is 4.79 Å². The van der Waals surface area contributed by atoms with E-state index in [9.17, 15) is 4.79 Å². The molecule has 3 rings (SSSR count). The molecule has 1 aliphatic rings. The van der Waals surface area contributed by atoms with Crippen LogP contribution in [0.5, 0.6) is 0 Å². The molecule has 5 heteroatoms. The van der Waals surface area contributed by atoms with Crippen LogP contribution >= 0.6 is 0 Å². The van der Waals surface area contributed by atoms with Gasteiger partial charge in [-0.1, -0.05) is 0 Å². The van der Waals surface area contributed by atoms with Crippen molar-refractivity contribution in [1.29, 1.82) is 0 Å². The number of rotatable bonds is 3. The third-order valence-corrected chi connectivity index (χ3v) is 2.89. The van der Waals surface area contributed by atoms with Crippen molar-refractivity contribution in [1.82, 2.24) is 14.6 Å². The molecule has 5 nitrogen and oxygen atoms in total. The van der Waals surface area contributed by atoms with Gasteiger partial charge in [0.15, 0.2) is 11.4 Å². The Bertz CT molecular complexity index is 556. The maximum atomic E-state index is 11.6. The van der Waals surface area contributed by atoms with E-state index >= 15 is 0 Å². The zero-order valence-corrected chi connectivity index (χ0v) is 8.76. The van der Waals surface area contributed by atoms with Crippen molar-refractivity contribution in [2.45, 2.75) is 18.8 Å². The van der Waals surface area contributed by atoms with Crippen molar-refractivity contribution in [2.75, 3.05) is 6.54 Å². The molecule has 1 aliphatic carbocycles. The third kappa shape index (κ3) is 1.32. The molecule has 16 heavy (non-hydrogen) atoms. The van der Waals surface area contributed by atoms with Gasteiger partial charge in [-0.2, -0.15) is 0 Å². The van der Waals surface area contributed by atoms with E-state index in [2.05, 4.69) is 10.2 Å². The molecule has 0 radical (unpaired) electrons. The number of carbonyl (C=O) groups is 1. The first kappa shape index (κ1) is 9.47. The number of hydrogen-bond acceptors (Lipinski definition) is 4. The molecule has 1 saturated carbocycles. The van der Waals surface area contributed by atoms with Crippen LogP contribution in [0.4, 0.5) is 0 Å². The lowest BCUT2D eigenvalue weighted by atomic mass is 10.2. The summed E-state index contributed by atoms with van der Waals surface area (Å²) in [4.78, 5) is 11.6. The van der Waals surface area contributed by atoms with E-state index in [-0.39, 0.29) is 12.3 Å². The molecule has 0 saturated heterocycles. The van der Waals surface area contributed by atoms with Crippen molar-refractivity contribution in [3.63, 3.8) is 0 Å². The van der Waals surface area contributed by atoms with Crippen LogP contribution in [0, 0.1) is 0 Å². The number of nitrogens with two attached hydrogens (primary N) is 1. The second-order valence-corrected chi connectivity index (χ2v) is 4.08. The molecule has 0 amide bonds. The number of carbonyl (C=O) groups excluding carboxylic acids is 1. The second-order valence-electron chi connectivity index (χ2n) is 4.08. The molecule has 2 N–H and O–H groups in total. The lowest BCUT2D eigenvalue weighted by Crippen LogP contribution is -2.14. The highest BCUT2D eigenvalue weighted by Gasteiger charge is 2.29. The Kier molecular flexibility index (Phi) is 2.00. The van der Waals surface area contributed by atoms with Crippen molar-refractivity contribution in [3.8, 4) is 0 Å². The number of ketones is 1. The van der Waals surface area contributed by atoms with E-state index < -0.39 is 0 Å². The van der Waals surface area contributed by atoms with E-state index in [1.807, 2.05) is 16.7 Å². The Balaban J connectivity index is 2.20. The summed E-state index contributed by atoms with van der Waals surface area (Å²) in [6.07, 6.45) is 4.22. The predicted octanol–water partition coefficient (Wildman–Crippen LogP) is 0.748. The Morgan fingerprint density at radius 3 is 3.00 bits per heavy atom. The summed E-state index contributed by atoms with van der Waals surface area (Å²) >= 11 is 0. The highest BCUT2D eigenvalue weighted by atomic mass is 16.1. The summed E-state index contributed by atoms with van der Waals surface area (Å²) in [5.74, 6) is 1.38. The van der Waals surface area contributed by atoms with Gasteiger partial charge in [0, 0.05) is 12.1 Å².